The predicted octanol–water partition coefficient (Wildman–Crippen LogP) is 1.48. The molecule has 0 radical (unpaired) electrons. The number of likely N-dealkylation sites (tertiary alicyclic amines) is 1. The molecule has 2 N–H and O–H groups in total. The molecule has 0 unspecified atom stereocenters. The van der Waals surface area contributed by atoms with Crippen molar-refractivity contribution in [3.8, 4) is 5.75 Å². The van der Waals surface area contributed by atoms with E-state index in [9.17, 15) is 9.59 Å². The molecule has 0 saturated carbocycles. The number of ether oxygens (including phenoxy) is 1. The number of carboxylic acid groups (broad SMARTS) is 1. The smallest absolute Gasteiger partial charge is 0.341 e. The van der Waals surface area contributed by atoms with Crippen LogP contribution in [0.1, 0.15) is 31.2 Å². The highest BCUT2D eigenvalue weighted by atomic mass is 16.5. The van der Waals surface area contributed by atoms with Gasteiger partial charge < -0.3 is 14.7 Å². The van der Waals surface area contributed by atoms with E-state index in [-0.39, 0.29) is 5.91 Å². The van der Waals surface area contributed by atoms with Gasteiger partial charge in [0.25, 0.3) is 0 Å². The van der Waals surface area contributed by atoms with Gasteiger partial charge in [0.1, 0.15) is 5.75 Å². The molecule has 24 heavy (non-hydrogen) atoms. The third kappa shape index (κ3) is 6.37. The number of rotatable bonds is 8. The number of aliphatic carboxylic acids is 1. The van der Waals surface area contributed by atoms with Crippen molar-refractivity contribution in [3.05, 3.63) is 29.8 Å². The summed E-state index contributed by atoms with van der Waals surface area (Å²) in [5, 5.41) is 12.6. The van der Waals surface area contributed by atoms with Crippen LogP contribution in [0.3, 0.4) is 0 Å². The highest BCUT2D eigenvalue weighted by Crippen LogP contribution is 2.15. The van der Waals surface area contributed by atoms with Crippen molar-refractivity contribution in [2.24, 2.45) is 5.10 Å². The van der Waals surface area contributed by atoms with Crippen molar-refractivity contribution in [1.29, 1.82) is 0 Å². The van der Waals surface area contributed by atoms with Gasteiger partial charge >= 0.3 is 5.97 Å². The van der Waals surface area contributed by atoms with Crippen molar-refractivity contribution in [1.82, 2.24) is 10.3 Å². The zero-order valence-electron chi connectivity index (χ0n) is 13.6. The average molecular weight is 333 g/mol. The topological polar surface area (TPSA) is 91.2 Å². The molecule has 0 spiro atoms. The molecule has 0 aromatic heterocycles. The van der Waals surface area contributed by atoms with Gasteiger partial charge in [-0.15, -0.1) is 0 Å². The van der Waals surface area contributed by atoms with E-state index in [1.165, 1.54) is 25.5 Å². The van der Waals surface area contributed by atoms with Gasteiger partial charge in [-0.25, -0.2) is 10.2 Å². The molecule has 2 rings (SSSR count). The summed E-state index contributed by atoms with van der Waals surface area (Å²) in [5.74, 6) is -0.778. The summed E-state index contributed by atoms with van der Waals surface area (Å²) in [6.07, 6.45) is 5.54. The molecule has 1 aromatic rings. The molecule has 7 nitrogen and oxygen atoms in total. The second-order valence-electron chi connectivity index (χ2n) is 5.67. The van der Waals surface area contributed by atoms with Gasteiger partial charge in [-0.2, -0.15) is 5.10 Å². The minimum Gasteiger partial charge on any atom is -0.481 e. The Hall–Kier alpha value is -2.41. The summed E-state index contributed by atoms with van der Waals surface area (Å²) in [4.78, 5) is 24.7. The van der Waals surface area contributed by atoms with Crippen LogP contribution >= 0.6 is 0 Å². The standard InChI is InChI=1S/C17H23N3O4/c21-16(8-11-20-9-4-1-5-10-20)19-18-12-14-6-2-3-7-15(14)24-13-17(22)23/h2-3,6-7,12H,1,4-5,8-11,13H2,(H,19,21)(H,22,23)/b18-12-. The molecule has 1 aromatic carbocycles. The summed E-state index contributed by atoms with van der Waals surface area (Å²) < 4.78 is 5.17. The first kappa shape index (κ1) is 17.9. The molecular formula is C17H23N3O4. The molecule has 0 bridgehead atoms. The molecule has 1 heterocycles. The zero-order chi connectivity index (χ0) is 17.2. The number of carbonyl (C=O) groups is 2. The van der Waals surface area contributed by atoms with Gasteiger partial charge in [0.2, 0.25) is 5.91 Å². The summed E-state index contributed by atoms with van der Waals surface area (Å²) in [5.41, 5.74) is 3.10. The largest absolute Gasteiger partial charge is 0.481 e. The lowest BCUT2D eigenvalue weighted by atomic mass is 10.1. The van der Waals surface area contributed by atoms with Crippen LogP contribution in [0.15, 0.2) is 29.4 Å². The van der Waals surface area contributed by atoms with Crippen LogP contribution in [-0.4, -0.2) is 54.3 Å². The second-order valence-corrected chi connectivity index (χ2v) is 5.67. The number of benzene rings is 1. The Balaban J connectivity index is 1.78. The summed E-state index contributed by atoms with van der Waals surface area (Å²) in [7, 11) is 0. The monoisotopic (exact) mass is 333 g/mol. The molecule has 0 aliphatic carbocycles. The number of piperidine rings is 1. The van der Waals surface area contributed by atoms with Gasteiger partial charge in [0.15, 0.2) is 6.61 Å². The minimum atomic E-state index is -1.05. The maximum atomic E-state index is 11.8. The van der Waals surface area contributed by atoms with Crippen molar-refractivity contribution < 1.29 is 19.4 Å². The number of hydrogen-bond donors (Lipinski definition) is 2. The van der Waals surface area contributed by atoms with Gasteiger partial charge in [-0.3, -0.25) is 4.79 Å². The zero-order valence-corrected chi connectivity index (χ0v) is 13.6. The maximum Gasteiger partial charge on any atom is 0.341 e. The second kappa shape index (κ2) is 9.67. The number of para-hydroxylation sites is 1. The van der Waals surface area contributed by atoms with Crippen LogP contribution in [0.5, 0.6) is 5.75 Å². The Labute approximate surface area is 141 Å². The van der Waals surface area contributed by atoms with Crippen molar-refractivity contribution in [2.45, 2.75) is 25.7 Å². The number of carbonyl (C=O) groups excluding carboxylic acids is 1. The molecule has 1 aliphatic rings. The fraction of sp³-hybridized carbons (Fsp3) is 0.471. The first-order chi connectivity index (χ1) is 11.6. The van der Waals surface area contributed by atoms with Gasteiger partial charge in [-0.05, 0) is 38.1 Å². The SMILES string of the molecule is O=C(O)COc1ccccc1/C=N\NC(=O)CCN1CCCCC1. The molecule has 1 fully saturated rings. The number of nitrogens with zero attached hydrogens (tertiary/aromatic N) is 2. The van der Waals surface area contributed by atoms with E-state index in [4.69, 9.17) is 9.84 Å². The first-order valence-electron chi connectivity index (χ1n) is 8.13. The van der Waals surface area contributed by atoms with Gasteiger partial charge in [0.05, 0.1) is 6.21 Å². The Bertz CT molecular complexity index is 583. The van der Waals surface area contributed by atoms with Crippen LogP contribution < -0.4 is 10.2 Å². The number of nitrogens with one attached hydrogen (secondary N) is 1. The fourth-order valence-electron chi connectivity index (χ4n) is 2.53. The number of carboxylic acids is 1. The Morgan fingerprint density at radius 2 is 2.00 bits per heavy atom. The van der Waals surface area contributed by atoms with E-state index in [1.54, 1.807) is 24.3 Å². The Morgan fingerprint density at radius 1 is 1.25 bits per heavy atom. The third-order valence-electron chi connectivity index (χ3n) is 3.77. The number of hydrogen-bond acceptors (Lipinski definition) is 5. The lowest BCUT2D eigenvalue weighted by molar-refractivity contribution is -0.139. The van der Waals surface area contributed by atoms with E-state index in [0.717, 1.165) is 19.6 Å². The highest BCUT2D eigenvalue weighted by Gasteiger charge is 2.11. The molecule has 0 atom stereocenters. The van der Waals surface area contributed by atoms with E-state index in [1.807, 2.05) is 0 Å². The quantitative estimate of drug-likeness (QED) is 0.555. The molecule has 7 heteroatoms. The molecule has 1 aliphatic heterocycles. The summed E-state index contributed by atoms with van der Waals surface area (Å²) in [6.45, 7) is 2.45. The Morgan fingerprint density at radius 3 is 2.75 bits per heavy atom. The van der Waals surface area contributed by atoms with Crippen LogP contribution in [0, 0.1) is 0 Å². The predicted molar refractivity (Wildman–Crippen MR) is 90.2 cm³/mol. The number of hydrazone groups is 1. The van der Waals surface area contributed by atoms with Crippen LogP contribution in [0.4, 0.5) is 0 Å². The van der Waals surface area contributed by atoms with Crippen molar-refractivity contribution in [3.63, 3.8) is 0 Å². The lowest BCUT2D eigenvalue weighted by Crippen LogP contribution is -2.33. The first-order valence-corrected chi connectivity index (χ1v) is 8.13. The molecule has 1 amide bonds. The molecule has 1 saturated heterocycles. The van der Waals surface area contributed by atoms with E-state index in [2.05, 4.69) is 15.4 Å². The van der Waals surface area contributed by atoms with Crippen molar-refractivity contribution >= 4 is 18.1 Å². The van der Waals surface area contributed by atoms with Crippen LogP contribution in [0.25, 0.3) is 0 Å². The van der Waals surface area contributed by atoms with Crippen molar-refractivity contribution in [2.75, 3.05) is 26.2 Å². The summed E-state index contributed by atoms with van der Waals surface area (Å²) >= 11 is 0. The van der Waals surface area contributed by atoms with Gasteiger partial charge in [0, 0.05) is 18.5 Å². The van der Waals surface area contributed by atoms with Gasteiger partial charge in [-0.1, -0.05) is 18.6 Å². The maximum absolute atomic E-state index is 11.8. The highest BCUT2D eigenvalue weighted by molar-refractivity contribution is 5.85. The average Bonchev–Trinajstić information content (AvgIpc) is 2.60. The normalized spacial score (nSPS) is 15.3. The molecular weight excluding hydrogens is 310 g/mol. The lowest BCUT2D eigenvalue weighted by Gasteiger charge is -2.25. The minimum absolute atomic E-state index is 0.138. The Kier molecular flexibility index (Phi) is 7.22. The fourth-order valence-corrected chi connectivity index (χ4v) is 2.53. The van der Waals surface area contributed by atoms with Crippen LogP contribution in [-0.2, 0) is 9.59 Å². The van der Waals surface area contributed by atoms with Crippen LogP contribution in [0.2, 0.25) is 0 Å². The van der Waals surface area contributed by atoms with E-state index in [0.29, 0.717) is 17.7 Å². The summed E-state index contributed by atoms with van der Waals surface area (Å²) in [6, 6.07) is 6.92. The van der Waals surface area contributed by atoms with E-state index < -0.39 is 12.6 Å². The van der Waals surface area contributed by atoms with E-state index >= 15 is 0 Å². The molecule has 130 valence electrons. The third-order valence-corrected chi connectivity index (χ3v) is 3.77. The number of amides is 1.